The van der Waals surface area contributed by atoms with Gasteiger partial charge in [0, 0.05) is 30.7 Å². The number of rotatable bonds is 6. The zero-order chi connectivity index (χ0) is 15.8. The van der Waals surface area contributed by atoms with Crippen molar-refractivity contribution in [2.45, 2.75) is 20.4 Å². The molecular weight excluding hydrogens is 292 g/mol. The van der Waals surface area contributed by atoms with Gasteiger partial charge < -0.3 is 15.5 Å². The van der Waals surface area contributed by atoms with Crippen LogP contribution >= 0.6 is 12.2 Å². The van der Waals surface area contributed by atoms with E-state index in [1.807, 2.05) is 30.3 Å². The Morgan fingerprint density at radius 2 is 1.82 bits per heavy atom. The summed E-state index contributed by atoms with van der Waals surface area (Å²) in [5.74, 6) is 0. The second-order valence-corrected chi connectivity index (χ2v) is 5.26. The molecule has 0 atom stereocenters. The lowest BCUT2D eigenvalue weighted by atomic mass is 10.2. The smallest absolute Gasteiger partial charge is 0.171 e. The highest BCUT2D eigenvalue weighted by Crippen LogP contribution is 2.17. The van der Waals surface area contributed by atoms with Gasteiger partial charge in [0.2, 0.25) is 0 Å². The molecule has 1 heterocycles. The second kappa shape index (κ2) is 8.34. The lowest BCUT2D eigenvalue weighted by Gasteiger charge is -2.21. The summed E-state index contributed by atoms with van der Waals surface area (Å²) in [5, 5.41) is 6.94. The summed E-state index contributed by atoms with van der Waals surface area (Å²) in [4.78, 5) is 6.56. The van der Waals surface area contributed by atoms with Gasteiger partial charge in [0.25, 0.3) is 0 Å². The van der Waals surface area contributed by atoms with Gasteiger partial charge in [-0.2, -0.15) is 0 Å². The zero-order valence-electron chi connectivity index (χ0n) is 13.0. The van der Waals surface area contributed by atoms with Crippen molar-refractivity contribution in [1.29, 1.82) is 0 Å². The molecule has 0 fully saturated rings. The fourth-order valence-electron chi connectivity index (χ4n) is 2.19. The van der Waals surface area contributed by atoms with Crippen LogP contribution in [0.2, 0.25) is 0 Å². The van der Waals surface area contributed by atoms with E-state index in [1.165, 1.54) is 5.69 Å². The molecule has 0 spiro atoms. The minimum absolute atomic E-state index is 0.598. The Morgan fingerprint density at radius 3 is 2.41 bits per heavy atom. The van der Waals surface area contributed by atoms with Gasteiger partial charge in [-0.25, -0.2) is 0 Å². The van der Waals surface area contributed by atoms with Crippen molar-refractivity contribution in [2.24, 2.45) is 0 Å². The molecule has 0 aliphatic carbocycles. The number of thiocarbonyl (C=S) groups is 1. The SMILES string of the molecule is CCN(CC)c1ccc(NC(=S)NCc2ccccn2)cc1. The lowest BCUT2D eigenvalue weighted by molar-refractivity contribution is 0.866. The first kappa shape index (κ1) is 16.2. The van der Waals surface area contributed by atoms with E-state index in [-0.39, 0.29) is 0 Å². The van der Waals surface area contributed by atoms with Crippen molar-refractivity contribution < 1.29 is 0 Å². The minimum Gasteiger partial charge on any atom is -0.372 e. The normalized spacial score (nSPS) is 10.1. The number of nitrogens with one attached hydrogen (secondary N) is 2. The molecule has 2 N–H and O–H groups in total. The molecule has 0 aliphatic rings. The Hall–Kier alpha value is -2.14. The number of nitrogens with zero attached hydrogens (tertiary/aromatic N) is 2. The van der Waals surface area contributed by atoms with Gasteiger partial charge in [-0.15, -0.1) is 0 Å². The lowest BCUT2D eigenvalue weighted by Crippen LogP contribution is -2.28. The molecule has 0 aliphatic heterocycles. The Bertz CT molecular complexity index is 579. The molecule has 5 heteroatoms. The molecule has 116 valence electrons. The maximum Gasteiger partial charge on any atom is 0.171 e. The van der Waals surface area contributed by atoms with Crippen LogP contribution in [-0.2, 0) is 6.54 Å². The van der Waals surface area contributed by atoms with E-state index in [9.17, 15) is 0 Å². The topological polar surface area (TPSA) is 40.2 Å². The second-order valence-electron chi connectivity index (χ2n) is 4.85. The van der Waals surface area contributed by atoms with Crippen LogP contribution in [0.1, 0.15) is 19.5 Å². The van der Waals surface area contributed by atoms with Gasteiger partial charge in [0.15, 0.2) is 5.11 Å². The Balaban J connectivity index is 1.86. The average molecular weight is 314 g/mol. The molecule has 0 saturated carbocycles. The average Bonchev–Trinajstić information content (AvgIpc) is 2.56. The fourth-order valence-corrected chi connectivity index (χ4v) is 2.38. The van der Waals surface area contributed by atoms with Crippen LogP contribution in [0.3, 0.4) is 0 Å². The number of hydrogen-bond donors (Lipinski definition) is 2. The highest BCUT2D eigenvalue weighted by atomic mass is 32.1. The van der Waals surface area contributed by atoms with Crippen LogP contribution < -0.4 is 15.5 Å². The molecule has 0 bridgehead atoms. The van der Waals surface area contributed by atoms with Gasteiger partial charge in [-0.05, 0) is 62.5 Å². The summed E-state index contributed by atoms with van der Waals surface area (Å²) in [7, 11) is 0. The van der Waals surface area contributed by atoms with E-state index < -0.39 is 0 Å². The number of benzene rings is 1. The number of pyridine rings is 1. The summed E-state index contributed by atoms with van der Waals surface area (Å²) < 4.78 is 0. The quantitative estimate of drug-likeness (QED) is 0.800. The molecular formula is C17H22N4S. The third kappa shape index (κ3) is 4.70. The minimum atomic E-state index is 0.598. The first-order valence-corrected chi connectivity index (χ1v) is 7.93. The highest BCUT2D eigenvalue weighted by Gasteiger charge is 2.02. The van der Waals surface area contributed by atoms with Crippen LogP contribution in [0, 0.1) is 0 Å². The fraction of sp³-hybridized carbons (Fsp3) is 0.294. The van der Waals surface area contributed by atoms with Crippen molar-refractivity contribution >= 4 is 28.7 Å². The summed E-state index contributed by atoms with van der Waals surface area (Å²) >= 11 is 5.30. The molecule has 0 amide bonds. The Kier molecular flexibility index (Phi) is 6.15. The van der Waals surface area contributed by atoms with E-state index in [1.54, 1.807) is 6.20 Å². The summed E-state index contributed by atoms with van der Waals surface area (Å²) in [6, 6.07) is 14.1. The van der Waals surface area contributed by atoms with E-state index in [0.29, 0.717) is 11.7 Å². The molecule has 0 radical (unpaired) electrons. The maximum atomic E-state index is 5.30. The first-order valence-electron chi connectivity index (χ1n) is 7.52. The maximum absolute atomic E-state index is 5.30. The standard InChI is InChI=1S/C17H22N4S/c1-3-21(4-2)16-10-8-14(9-11-16)20-17(22)19-13-15-7-5-6-12-18-15/h5-12H,3-4,13H2,1-2H3,(H2,19,20,22). The number of anilines is 2. The number of hydrogen-bond acceptors (Lipinski definition) is 3. The molecule has 2 aromatic rings. The van der Waals surface area contributed by atoms with Crippen molar-refractivity contribution in [3.8, 4) is 0 Å². The van der Waals surface area contributed by atoms with Gasteiger partial charge in [0.05, 0.1) is 12.2 Å². The third-order valence-corrected chi connectivity index (χ3v) is 3.66. The number of aromatic nitrogens is 1. The Morgan fingerprint density at radius 1 is 1.09 bits per heavy atom. The van der Waals surface area contributed by atoms with Crippen molar-refractivity contribution in [1.82, 2.24) is 10.3 Å². The summed E-state index contributed by atoms with van der Waals surface area (Å²) in [5.41, 5.74) is 3.17. The van der Waals surface area contributed by atoms with Gasteiger partial charge in [-0.1, -0.05) is 6.07 Å². The molecule has 0 unspecified atom stereocenters. The van der Waals surface area contributed by atoms with Crippen molar-refractivity contribution in [2.75, 3.05) is 23.3 Å². The van der Waals surface area contributed by atoms with E-state index in [0.717, 1.165) is 24.5 Å². The van der Waals surface area contributed by atoms with Gasteiger partial charge in [0.1, 0.15) is 0 Å². The summed E-state index contributed by atoms with van der Waals surface area (Å²) in [6.07, 6.45) is 1.78. The molecule has 2 rings (SSSR count). The highest BCUT2D eigenvalue weighted by molar-refractivity contribution is 7.80. The molecule has 1 aromatic carbocycles. The monoisotopic (exact) mass is 314 g/mol. The van der Waals surface area contributed by atoms with Crippen LogP contribution in [0.25, 0.3) is 0 Å². The van der Waals surface area contributed by atoms with Crippen LogP contribution in [0.4, 0.5) is 11.4 Å². The summed E-state index contributed by atoms with van der Waals surface area (Å²) in [6.45, 7) is 6.95. The first-order chi connectivity index (χ1) is 10.7. The third-order valence-electron chi connectivity index (χ3n) is 3.41. The van der Waals surface area contributed by atoms with Gasteiger partial charge in [-0.3, -0.25) is 4.98 Å². The molecule has 1 aromatic heterocycles. The predicted octanol–water partition coefficient (Wildman–Crippen LogP) is 3.41. The van der Waals surface area contributed by atoms with Crippen molar-refractivity contribution in [3.05, 3.63) is 54.4 Å². The van der Waals surface area contributed by atoms with E-state index >= 15 is 0 Å². The molecule has 0 saturated heterocycles. The zero-order valence-corrected chi connectivity index (χ0v) is 13.9. The van der Waals surface area contributed by atoms with Crippen LogP contribution in [-0.4, -0.2) is 23.2 Å². The van der Waals surface area contributed by atoms with Crippen LogP contribution in [0.5, 0.6) is 0 Å². The van der Waals surface area contributed by atoms with Crippen molar-refractivity contribution in [3.63, 3.8) is 0 Å². The Labute approximate surface area is 137 Å². The van der Waals surface area contributed by atoms with E-state index in [2.05, 4.69) is 46.5 Å². The van der Waals surface area contributed by atoms with E-state index in [4.69, 9.17) is 12.2 Å². The molecule has 4 nitrogen and oxygen atoms in total. The van der Waals surface area contributed by atoms with Crippen LogP contribution in [0.15, 0.2) is 48.7 Å². The largest absolute Gasteiger partial charge is 0.372 e. The predicted molar refractivity (Wildman–Crippen MR) is 97.3 cm³/mol. The molecule has 22 heavy (non-hydrogen) atoms. The van der Waals surface area contributed by atoms with Gasteiger partial charge >= 0.3 is 0 Å².